The molecule has 1 amide bonds. The first kappa shape index (κ1) is 23.1. The molecular formula is C25H28N2O5. The second-order valence-electron chi connectivity index (χ2n) is 7.81. The van der Waals surface area contributed by atoms with E-state index in [1.54, 1.807) is 19.2 Å². The number of amides is 1. The Hall–Kier alpha value is -3.61. The first-order valence-electron chi connectivity index (χ1n) is 10.7. The van der Waals surface area contributed by atoms with Crippen LogP contribution in [0.3, 0.4) is 0 Å². The van der Waals surface area contributed by atoms with Gasteiger partial charge in [0, 0.05) is 24.8 Å². The van der Waals surface area contributed by atoms with Gasteiger partial charge in [-0.1, -0.05) is 24.3 Å². The Morgan fingerprint density at radius 1 is 1.09 bits per heavy atom. The van der Waals surface area contributed by atoms with E-state index >= 15 is 0 Å². The molecule has 7 heteroatoms. The van der Waals surface area contributed by atoms with E-state index < -0.39 is 6.10 Å². The van der Waals surface area contributed by atoms with Gasteiger partial charge in [0.05, 0.1) is 5.39 Å². The molecule has 2 aromatic carbocycles. The second kappa shape index (κ2) is 10.6. The lowest BCUT2D eigenvalue weighted by molar-refractivity contribution is -0.138. The van der Waals surface area contributed by atoms with Crippen LogP contribution in [0.25, 0.3) is 21.9 Å². The highest BCUT2D eigenvalue weighted by Gasteiger charge is 2.23. The van der Waals surface area contributed by atoms with Crippen LogP contribution in [0.5, 0.6) is 5.75 Å². The molecule has 4 rings (SSSR count). The number of carbonyl (C=O) groups excluding carboxylic acids is 1. The highest BCUT2D eigenvalue weighted by molar-refractivity contribution is 5.97. The Bertz CT molecular complexity index is 1150. The number of fused-ring (bicyclic) bond motifs is 1. The molecule has 2 heterocycles. The standard InChI is InChI=1S/C24H26N2O3.CH2O2/c1-16-8-4-5-9-19(16)22-15-25-23(27)21-14-18(10-11-20(21)22)29-17(2)24(28)26-12-6-3-7-13-26;2-1-3/h4-5,8-11,14-15,17H,3,6-7,12-13H2,1-2H3,(H,25,27);1H,(H,2,3). The van der Waals surface area contributed by atoms with Crippen LogP contribution >= 0.6 is 0 Å². The van der Waals surface area contributed by atoms with Gasteiger partial charge >= 0.3 is 0 Å². The van der Waals surface area contributed by atoms with Crippen molar-refractivity contribution in [2.45, 2.75) is 39.2 Å². The molecule has 1 saturated heterocycles. The molecule has 1 aliphatic rings. The van der Waals surface area contributed by atoms with Gasteiger partial charge in [-0.2, -0.15) is 0 Å². The Morgan fingerprint density at radius 3 is 2.47 bits per heavy atom. The molecule has 0 saturated carbocycles. The van der Waals surface area contributed by atoms with Gasteiger partial charge in [0.2, 0.25) is 0 Å². The quantitative estimate of drug-likeness (QED) is 0.603. The van der Waals surface area contributed by atoms with E-state index in [4.69, 9.17) is 14.6 Å². The molecule has 7 nitrogen and oxygen atoms in total. The van der Waals surface area contributed by atoms with Crippen molar-refractivity contribution in [3.63, 3.8) is 0 Å². The summed E-state index contributed by atoms with van der Waals surface area (Å²) in [5.41, 5.74) is 3.03. The summed E-state index contributed by atoms with van der Waals surface area (Å²) in [6.07, 6.45) is 4.45. The number of nitrogens with one attached hydrogen (secondary N) is 1. The SMILES string of the molecule is Cc1ccccc1-c1c[nH]c(=O)c2cc(OC(C)C(=O)N3CCCCC3)ccc12.O=CO. The first-order chi connectivity index (χ1) is 15.5. The zero-order valence-electron chi connectivity index (χ0n) is 18.3. The van der Waals surface area contributed by atoms with Gasteiger partial charge in [0.15, 0.2) is 6.10 Å². The van der Waals surface area contributed by atoms with Crippen molar-refractivity contribution in [2.24, 2.45) is 0 Å². The highest BCUT2D eigenvalue weighted by Crippen LogP contribution is 2.30. The van der Waals surface area contributed by atoms with Crippen molar-refractivity contribution < 1.29 is 19.4 Å². The van der Waals surface area contributed by atoms with E-state index in [0.29, 0.717) is 11.1 Å². The molecule has 0 radical (unpaired) electrons. The fourth-order valence-corrected chi connectivity index (χ4v) is 4.04. The number of hydrogen-bond acceptors (Lipinski definition) is 4. The average molecular weight is 437 g/mol. The van der Waals surface area contributed by atoms with E-state index in [2.05, 4.69) is 18.0 Å². The summed E-state index contributed by atoms with van der Waals surface area (Å²) in [5, 5.41) is 8.31. The van der Waals surface area contributed by atoms with Crippen molar-refractivity contribution in [2.75, 3.05) is 13.1 Å². The number of ether oxygens (including phenoxy) is 1. The van der Waals surface area contributed by atoms with E-state index in [1.807, 2.05) is 35.2 Å². The lowest BCUT2D eigenvalue weighted by Gasteiger charge is -2.29. The number of carbonyl (C=O) groups is 2. The number of aromatic amines is 1. The van der Waals surface area contributed by atoms with Crippen LogP contribution in [0.2, 0.25) is 0 Å². The molecule has 32 heavy (non-hydrogen) atoms. The Morgan fingerprint density at radius 2 is 1.78 bits per heavy atom. The lowest BCUT2D eigenvalue weighted by atomic mass is 9.97. The number of aryl methyl sites for hydroxylation is 1. The first-order valence-corrected chi connectivity index (χ1v) is 10.7. The van der Waals surface area contributed by atoms with Crippen LogP contribution in [-0.2, 0) is 9.59 Å². The number of aromatic nitrogens is 1. The van der Waals surface area contributed by atoms with Gasteiger partial charge in [-0.15, -0.1) is 0 Å². The number of H-pyrrole nitrogens is 1. The summed E-state index contributed by atoms with van der Waals surface area (Å²) in [5.74, 6) is 0.537. The molecule has 1 fully saturated rings. The lowest BCUT2D eigenvalue weighted by Crippen LogP contribution is -2.43. The zero-order chi connectivity index (χ0) is 23.1. The topological polar surface area (TPSA) is 99.7 Å². The fourth-order valence-electron chi connectivity index (χ4n) is 4.04. The largest absolute Gasteiger partial charge is 0.483 e. The number of rotatable bonds is 4. The summed E-state index contributed by atoms with van der Waals surface area (Å²) >= 11 is 0. The monoisotopic (exact) mass is 436 g/mol. The smallest absolute Gasteiger partial charge is 0.290 e. The number of hydrogen-bond donors (Lipinski definition) is 2. The second-order valence-corrected chi connectivity index (χ2v) is 7.81. The highest BCUT2D eigenvalue weighted by atomic mass is 16.5. The summed E-state index contributed by atoms with van der Waals surface area (Å²) < 4.78 is 5.92. The number of piperidine rings is 1. The maximum absolute atomic E-state index is 12.6. The van der Waals surface area contributed by atoms with E-state index in [9.17, 15) is 9.59 Å². The number of likely N-dealkylation sites (tertiary alicyclic amines) is 1. The van der Waals surface area contributed by atoms with Crippen molar-refractivity contribution >= 4 is 23.2 Å². The fraction of sp³-hybridized carbons (Fsp3) is 0.320. The summed E-state index contributed by atoms with van der Waals surface area (Å²) in [4.78, 5) is 38.2. The Kier molecular flexibility index (Phi) is 7.65. The predicted octanol–water partition coefficient (Wildman–Crippen LogP) is 3.98. The molecule has 1 aliphatic heterocycles. The molecule has 3 aromatic rings. The molecule has 0 spiro atoms. The van der Waals surface area contributed by atoms with Crippen molar-refractivity contribution in [1.82, 2.24) is 9.88 Å². The zero-order valence-corrected chi connectivity index (χ0v) is 18.3. The van der Waals surface area contributed by atoms with Crippen LogP contribution < -0.4 is 10.3 Å². The molecule has 1 atom stereocenters. The Balaban J connectivity index is 0.000000913. The van der Waals surface area contributed by atoms with Crippen LogP contribution in [-0.4, -0.2) is 46.6 Å². The minimum atomic E-state index is -0.579. The van der Waals surface area contributed by atoms with Gasteiger partial charge in [-0.3, -0.25) is 14.4 Å². The molecule has 1 aromatic heterocycles. The van der Waals surface area contributed by atoms with Gasteiger partial charge < -0.3 is 19.7 Å². The summed E-state index contributed by atoms with van der Waals surface area (Å²) in [6.45, 7) is 5.17. The third-order valence-electron chi connectivity index (χ3n) is 5.64. The predicted molar refractivity (Wildman–Crippen MR) is 124 cm³/mol. The molecule has 2 N–H and O–H groups in total. The maximum Gasteiger partial charge on any atom is 0.290 e. The van der Waals surface area contributed by atoms with Gasteiger partial charge in [-0.25, -0.2) is 0 Å². The normalized spacial score (nSPS) is 14.2. The summed E-state index contributed by atoms with van der Waals surface area (Å²) in [7, 11) is 0. The number of nitrogens with zero attached hydrogens (tertiary/aromatic N) is 1. The van der Waals surface area contributed by atoms with E-state index in [0.717, 1.165) is 48.0 Å². The number of pyridine rings is 1. The van der Waals surface area contributed by atoms with Gasteiger partial charge in [0.1, 0.15) is 5.75 Å². The van der Waals surface area contributed by atoms with Crippen LogP contribution in [0.1, 0.15) is 31.7 Å². The molecule has 0 bridgehead atoms. The van der Waals surface area contributed by atoms with Crippen LogP contribution in [0.15, 0.2) is 53.5 Å². The molecule has 168 valence electrons. The third-order valence-corrected chi connectivity index (χ3v) is 5.64. The maximum atomic E-state index is 12.6. The van der Waals surface area contributed by atoms with Crippen LogP contribution in [0, 0.1) is 6.92 Å². The third kappa shape index (κ3) is 5.17. The molecular weight excluding hydrogens is 408 g/mol. The molecule has 1 unspecified atom stereocenters. The van der Waals surface area contributed by atoms with Gasteiger partial charge in [0.25, 0.3) is 17.9 Å². The van der Waals surface area contributed by atoms with Crippen molar-refractivity contribution in [3.8, 4) is 16.9 Å². The van der Waals surface area contributed by atoms with Crippen LogP contribution in [0.4, 0.5) is 0 Å². The molecule has 0 aliphatic carbocycles. The minimum Gasteiger partial charge on any atom is -0.483 e. The average Bonchev–Trinajstić information content (AvgIpc) is 2.81. The number of benzene rings is 2. The number of carboxylic acid groups (broad SMARTS) is 1. The minimum absolute atomic E-state index is 0.00682. The van der Waals surface area contributed by atoms with Crippen molar-refractivity contribution in [1.29, 1.82) is 0 Å². The Labute approximate surface area is 186 Å². The summed E-state index contributed by atoms with van der Waals surface area (Å²) in [6, 6.07) is 13.6. The van der Waals surface area contributed by atoms with Gasteiger partial charge in [-0.05, 0) is 67.8 Å². The van der Waals surface area contributed by atoms with E-state index in [-0.39, 0.29) is 17.9 Å². The van der Waals surface area contributed by atoms with E-state index in [1.165, 1.54) is 6.42 Å². The van der Waals surface area contributed by atoms with Crippen molar-refractivity contribution in [3.05, 3.63) is 64.6 Å².